The molecule has 0 radical (unpaired) electrons. The van der Waals surface area contributed by atoms with Crippen LogP contribution in [-0.4, -0.2) is 29.7 Å². The molecule has 0 aromatic heterocycles. The van der Waals surface area contributed by atoms with E-state index in [0.717, 1.165) is 36.9 Å². The van der Waals surface area contributed by atoms with E-state index in [1.54, 1.807) is 0 Å². The van der Waals surface area contributed by atoms with Gasteiger partial charge in [0.15, 0.2) is 0 Å². The zero-order valence-corrected chi connectivity index (χ0v) is 11.0. The van der Waals surface area contributed by atoms with Crippen LogP contribution < -0.4 is 0 Å². The maximum atomic E-state index is 9.07. The monoisotopic (exact) mass is 283 g/mol. The zero-order valence-electron chi connectivity index (χ0n) is 9.40. The van der Waals surface area contributed by atoms with Crippen molar-refractivity contribution in [2.75, 3.05) is 19.7 Å². The minimum Gasteiger partial charge on any atom is -0.396 e. The summed E-state index contributed by atoms with van der Waals surface area (Å²) < 4.78 is 1.13. The van der Waals surface area contributed by atoms with Gasteiger partial charge in [-0.3, -0.25) is 4.90 Å². The number of nitrogens with zero attached hydrogens (tertiary/aromatic N) is 1. The van der Waals surface area contributed by atoms with E-state index in [0.29, 0.717) is 12.5 Å². The quantitative estimate of drug-likeness (QED) is 0.922. The Hall–Kier alpha value is -0.380. The smallest absolute Gasteiger partial charge is 0.0460 e. The second-order valence-corrected chi connectivity index (χ2v) is 5.44. The van der Waals surface area contributed by atoms with Crippen molar-refractivity contribution in [3.05, 3.63) is 34.3 Å². The van der Waals surface area contributed by atoms with Crippen LogP contribution in [0.4, 0.5) is 0 Å². The van der Waals surface area contributed by atoms with Gasteiger partial charge in [0, 0.05) is 17.6 Å². The molecule has 0 atom stereocenters. The summed E-state index contributed by atoms with van der Waals surface area (Å²) in [5.41, 5.74) is 1.37. The van der Waals surface area contributed by atoms with E-state index in [-0.39, 0.29) is 0 Å². The Balaban J connectivity index is 1.84. The lowest BCUT2D eigenvalue weighted by atomic mass is 9.97. The average molecular weight is 284 g/mol. The maximum Gasteiger partial charge on any atom is 0.0460 e. The van der Waals surface area contributed by atoms with E-state index >= 15 is 0 Å². The third-order valence-electron chi connectivity index (χ3n) is 3.28. The van der Waals surface area contributed by atoms with Crippen LogP contribution in [0.25, 0.3) is 0 Å². The van der Waals surface area contributed by atoms with Crippen LogP contribution in [-0.2, 0) is 6.54 Å². The third kappa shape index (κ3) is 3.30. The molecule has 1 N–H and O–H groups in total. The van der Waals surface area contributed by atoms with Gasteiger partial charge < -0.3 is 5.11 Å². The Bertz CT molecular complexity index is 317. The second kappa shape index (κ2) is 5.80. The highest BCUT2D eigenvalue weighted by Gasteiger charge is 2.18. The van der Waals surface area contributed by atoms with Gasteiger partial charge in [-0.25, -0.2) is 0 Å². The fraction of sp³-hybridized carbons (Fsp3) is 0.538. The number of aliphatic hydroxyl groups is 1. The Kier molecular flexibility index (Phi) is 4.38. The Morgan fingerprint density at radius 3 is 2.38 bits per heavy atom. The Labute approximate surface area is 105 Å². The average Bonchev–Trinajstić information content (AvgIpc) is 2.33. The first-order chi connectivity index (χ1) is 7.78. The molecule has 16 heavy (non-hydrogen) atoms. The van der Waals surface area contributed by atoms with Crippen LogP contribution in [0.15, 0.2) is 28.7 Å². The number of benzene rings is 1. The molecule has 1 aromatic carbocycles. The van der Waals surface area contributed by atoms with Crippen LogP contribution >= 0.6 is 15.9 Å². The first kappa shape index (κ1) is 12.1. The molecule has 1 aliphatic rings. The molecule has 3 heteroatoms. The molecule has 1 fully saturated rings. The van der Waals surface area contributed by atoms with Gasteiger partial charge in [-0.2, -0.15) is 0 Å². The predicted octanol–water partition coefficient (Wildman–Crippen LogP) is 2.65. The molecular formula is C13H18BrNO. The van der Waals surface area contributed by atoms with Gasteiger partial charge in [0.2, 0.25) is 0 Å². The van der Waals surface area contributed by atoms with Crippen LogP contribution in [0, 0.1) is 5.92 Å². The Morgan fingerprint density at radius 1 is 1.19 bits per heavy atom. The first-order valence-corrected chi connectivity index (χ1v) is 6.65. The van der Waals surface area contributed by atoms with Crippen LogP contribution in [0.1, 0.15) is 18.4 Å². The summed E-state index contributed by atoms with van der Waals surface area (Å²) >= 11 is 3.45. The molecule has 0 amide bonds. The van der Waals surface area contributed by atoms with E-state index in [9.17, 15) is 0 Å². The number of likely N-dealkylation sites (tertiary alicyclic amines) is 1. The molecule has 1 aliphatic heterocycles. The molecule has 0 saturated carbocycles. The van der Waals surface area contributed by atoms with Crippen molar-refractivity contribution in [2.24, 2.45) is 5.92 Å². The van der Waals surface area contributed by atoms with Gasteiger partial charge in [-0.05, 0) is 49.5 Å². The van der Waals surface area contributed by atoms with Gasteiger partial charge >= 0.3 is 0 Å². The van der Waals surface area contributed by atoms with Crippen LogP contribution in [0.3, 0.4) is 0 Å². The molecular weight excluding hydrogens is 266 g/mol. The molecule has 1 saturated heterocycles. The molecule has 2 nitrogen and oxygen atoms in total. The molecule has 88 valence electrons. The van der Waals surface area contributed by atoms with E-state index in [1.165, 1.54) is 5.56 Å². The van der Waals surface area contributed by atoms with Crippen LogP contribution in [0.5, 0.6) is 0 Å². The standard InChI is InChI=1S/C13H18BrNO/c14-13-3-1-11(2-4-13)9-15-7-5-12(10-16)6-8-15/h1-4,12,16H,5-10H2. The van der Waals surface area contributed by atoms with Crippen molar-refractivity contribution < 1.29 is 5.11 Å². The fourth-order valence-electron chi connectivity index (χ4n) is 2.18. The predicted molar refractivity (Wildman–Crippen MR) is 69.2 cm³/mol. The minimum atomic E-state index is 0.353. The molecule has 0 bridgehead atoms. The van der Waals surface area contributed by atoms with Gasteiger partial charge in [-0.15, -0.1) is 0 Å². The number of hydrogen-bond donors (Lipinski definition) is 1. The van der Waals surface area contributed by atoms with Gasteiger partial charge in [0.1, 0.15) is 0 Å². The molecule has 0 spiro atoms. The fourth-order valence-corrected chi connectivity index (χ4v) is 2.44. The molecule has 1 heterocycles. The number of aliphatic hydroxyl groups excluding tert-OH is 1. The molecule has 2 rings (SSSR count). The van der Waals surface area contributed by atoms with Gasteiger partial charge in [0.05, 0.1) is 0 Å². The van der Waals surface area contributed by atoms with Crippen molar-refractivity contribution >= 4 is 15.9 Å². The summed E-state index contributed by atoms with van der Waals surface area (Å²) in [5.74, 6) is 0.529. The molecule has 0 aliphatic carbocycles. The normalized spacial score (nSPS) is 18.9. The highest BCUT2D eigenvalue weighted by atomic mass is 79.9. The van der Waals surface area contributed by atoms with Gasteiger partial charge in [-0.1, -0.05) is 28.1 Å². The maximum absolute atomic E-state index is 9.07. The largest absolute Gasteiger partial charge is 0.396 e. The third-order valence-corrected chi connectivity index (χ3v) is 3.81. The summed E-state index contributed by atoms with van der Waals surface area (Å²) in [6, 6.07) is 8.52. The number of hydrogen-bond acceptors (Lipinski definition) is 2. The minimum absolute atomic E-state index is 0.353. The molecule has 1 aromatic rings. The Morgan fingerprint density at radius 2 is 1.81 bits per heavy atom. The van der Waals surface area contributed by atoms with Crippen molar-refractivity contribution in [3.63, 3.8) is 0 Å². The first-order valence-electron chi connectivity index (χ1n) is 5.85. The van der Waals surface area contributed by atoms with E-state index in [2.05, 4.69) is 45.1 Å². The number of piperidine rings is 1. The van der Waals surface area contributed by atoms with Crippen molar-refractivity contribution in [1.82, 2.24) is 4.90 Å². The zero-order chi connectivity index (χ0) is 11.4. The van der Waals surface area contributed by atoms with Gasteiger partial charge in [0.25, 0.3) is 0 Å². The number of rotatable bonds is 3. The topological polar surface area (TPSA) is 23.5 Å². The second-order valence-electron chi connectivity index (χ2n) is 4.53. The summed E-state index contributed by atoms with van der Waals surface area (Å²) in [5, 5.41) is 9.07. The molecule has 0 unspecified atom stereocenters. The van der Waals surface area contributed by atoms with E-state index in [4.69, 9.17) is 5.11 Å². The summed E-state index contributed by atoms with van der Waals surface area (Å²) in [4.78, 5) is 2.47. The highest BCUT2D eigenvalue weighted by molar-refractivity contribution is 9.10. The van der Waals surface area contributed by atoms with E-state index in [1.807, 2.05) is 0 Å². The van der Waals surface area contributed by atoms with Crippen molar-refractivity contribution in [2.45, 2.75) is 19.4 Å². The van der Waals surface area contributed by atoms with Crippen LogP contribution in [0.2, 0.25) is 0 Å². The van der Waals surface area contributed by atoms with Crippen molar-refractivity contribution in [3.8, 4) is 0 Å². The lowest BCUT2D eigenvalue weighted by Gasteiger charge is -2.31. The summed E-state index contributed by atoms with van der Waals surface area (Å²) in [6.45, 7) is 3.61. The lowest BCUT2D eigenvalue weighted by molar-refractivity contribution is 0.127. The lowest BCUT2D eigenvalue weighted by Crippen LogP contribution is -2.34. The van der Waals surface area contributed by atoms with Crippen molar-refractivity contribution in [1.29, 1.82) is 0 Å². The SMILES string of the molecule is OCC1CCN(Cc2ccc(Br)cc2)CC1. The van der Waals surface area contributed by atoms with E-state index < -0.39 is 0 Å². The number of halogens is 1. The summed E-state index contributed by atoms with van der Waals surface area (Å²) in [7, 11) is 0. The summed E-state index contributed by atoms with van der Waals surface area (Å²) in [6.07, 6.45) is 2.26. The highest BCUT2D eigenvalue weighted by Crippen LogP contribution is 2.19.